The summed E-state index contributed by atoms with van der Waals surface area (Å²) in [7, 11) is 0. The molecule has 1 amide bonds. The van der Waals surface area contributed by atoms with E-state index in [0.717, 1.165) is 0 Å². The molecule has 18 heavy (non-hydrogen) atoms. The van der Waals surface area contributed by atoms with Crippen LogP contribution in [0.25, 0.3) is 0 Å². The lowest BCUT2D eigenvalue weighted by Crippen LogP contribution is -2.14. The van der Waals surface area contributed by atoms with Crippen molar-refractivity contribution in [3.8, 4) is 0 Å². The highest BCUT2D eigenvalue weighted by atomic mass is 19.1. The summed E-state index contributed by atoms with van der Waals surface area (Å²) in [5, 5.41) is 2.52. The first-order chi connectivity index (χ1) is 8.52. The average Bonchev–Trinajstić information content (AvgIpc) is 2.32. The molecule has 1 N–H and O–H groups in total. The normalized spacial score (nSPS) is 9.94. The van der Waals surface area contributed by atoms with Gasteiger partial charge in [0, 0.05) is 12.1 Å². The van der Waals surface area contributed by atoms with Gasteiger partial charge in [0.1, 0.15) is 5.82 Å². The number of hydrogen-bond acceptors (Lipinski definition) is 3. The van der Waals surface area contributed by atoms with E-state index in [2.05, 4.69) is 5.32 Å². The summed E-state index contributed by atoms with van der Waals surface area (Å²) in [4.78, 5) is 22.5. The minimum atomic E-state index is -0.414. The van der Waals surface area contributed by atoms with Gasteiger partial charge in [0.2, 0.25) is 5.91 Å². The molecular formula is C13H16FNO3. The summed E-state index contributed by atoms with van der Waals surface area (Å²) in [5.41, 5.74) is 0.895. The smallest absolute Gasteiger partial charge is 0.306 e. The van der Waals surface area contributed by atoms with Crippen molar-refractivity contribution < 1.29 is 18.7 Å². The Morgan fingerprint density at radius 1 is 1.33 bits per heavy atom. The van der Waals surface area contributed by atoms with Crippen molar-refractivity contribution in [1.29, 1.82) is 0 Å². The summed E-state index contributed by atoms with van der Waals surface area (Å²) in [5.74, 6) is -1.13. The molecule has 0 aromatic heterocycles. The number of amides is 1. The van der Waals surface area contributed by atoms with Crippen molar-refractivity contribution in [2.24, 2.45) is 0 Å². The van der Waals surface area contributed by atoms with E-state index in [1.807, 2.05) is 0 Å². The maximum Gasteiger partial charge on any atom is 0.306 e. The van der Waals surface area contributed by atoms with E-state index >= 15 is 0 Å². The third kappa shape index (κ3) is 4.53. The zero-order chi connectivity index (χ0) is 13.5. The zero-order valence-electron chi connectivity index (χ0n) is 10.5. The molecule has 0 saturated heterocycles. The van der Waals surface area contributed by atoms with Crippen LogP contribution in [-0.4, -0.2) is 18.5 Å². The highest BCUT2D eigenvalue weighted by molar-refractivity contribution is 5.92. The van der Waals surface area contributed by atoms with Crippen molar-refractivity contribution in [3.05, 3.63) is 29.6 Å². The van der Waals surface area contributed by atoms with Crippen molar-refractivity contribution >= 4 is 17.6 Å². The maximum atomic E-state index is 13.2. The van der Waals surface area contributed by atoms with Gasteiger partial charge in [-0.2, -0.15) is 0 Å². The largest absolute Gasteiger partial charge is 0.466 e. The van der Waals surface area contributed by atoms with E-state index in [9.17, 15) is 14.0 Å². The van der Waals surface area contributed by atoms with E-state index in [0.29, 0.717) is 17.9 Å². The van der Waals surface area contributed by atoms with Crippen LogP contribution < -0.4 is 5.32 Å². The van der Waals surface area contributed by atoms with E-state index in [4.69, 9.17) is 4.74 Å². The fourth-order valence-electron chi connectivity index (χ4n) is 1.34. The van der Waals surface area contributed by atoms with Crippen LogP contribution in [-0.2, 0) is 14.3 Å². The molecule has 0 radical (unpaired) electrons. The van der Waals surface area contributed by atoms with Crippen LogP contribution >= 0.6 is 0 Å². The highest BCUT2D eigenvalue weighted by Crippen LogP contribution is 2.13. The number of rotatable bonds is 5. The number of carbonyl (C=O) groups is 2. The van der Waals surface area contributed by atoms with Crippen molar-refractivity contribution in [2.45, 2.75) is 26.7 Å². The second kappa shape index (κ2) is 6.74. The Morgan fingerprint density at radius 2 is 2.06 bits per heavy atom. The van der Waals surface area contributed by atoms with E-state index in [1.54, 1.807) is 26.0 Å². The zero-order valence-corrected chi connectivity index (χ0v) is 10.5. The van der Waals surface area contributed by atoms with Gasteiger partial charge < -0.3 is 10.1 Å². The quantitative estimate of drug-likeness (QED) is 0.820. The first-order valence-electron chi connectivity index (χ1n) is 5.74. The molecule has 0 saturated carbocycles. The number of nitrogens with one attached hydrogen (secondary N) is 1. The van der Waals surface area contributed by atoms with Gasteiger partial charge in [-0.1, -0.05) is 6.07 Å². The summed E-state index contributed by atoms with van der Waals surface area (Å²) >= 11 is 0. The number of carbonyl (C=O) groups excluding carboxylic acids is 2. The monoisotopic (exact) mass is 253 g/mol. The topological polar surface area (TPSA) is 55.4 Å². The second-order valence-corrected chi connectivity index (χ2v) is 3.82. The standard InChI is InChI=1S/C13H16FNO3/c1-3-18-13(17)7-6-12(16)15-10-5-4-9(2)11(14)8-10/h4-5,8H,3,6-7H2,1-2H3,(H,15,16). The molecule has 0 bridgehead atoms. The Hall–Kier alpha value is -1.91. The number of anilines is 1. The van der Waals surface area contributed by atoms with Gasteiger partial charge >= 0.3 is 5.97 Å². The van der Waals surface area contributed by atoms with Crippen LogP contribution in [0.5, 0.6) is 0 Å². The number of ether oxygens (including phenoxy) is 1. The molecule has 4 nitrogen and oxygen atoms in total. The van der Waals surface area contributed by atoms with Gasteiger partial charge in [0.15, 0.2) is 0 Å². The third-order valence-electron chi connectivity index (χ3n) is 2.32. The predicted molar refractivity (Wildman–Crippen MR) is 65.6 cm³/mol. The average molecular weight is 253 g/mol. The maximum absolute atomic E-state index is 13.2. The lowest BCUT2D eigenvalue weighted by molar-refractivity contribution is -0.144. The molecule has 0 spiro atoms. The SMILES string of the molecule is CCOC(=O)CCC(=O)Nc1ccc(C)c(F)c1. The van der Waals surface area contributed by atoms with Crippen LogP contribution in [0.15, 0.2) is 18.2 Å². The minimum Gasteiger partial charge on any atom is -0.466 e. The first-order valence-corrected chi connectivity index (χ1v) is 5.74. The first kappa shape index (κ1) is 14.2. The molecule has 0 unspecified atom stereocenters. The lowest BCUT2D eigenvalue weighted by Gasteiger charge is -2.06. The Kier molecular flexibility index (Phi) is 5.30. The molecule has 5 heteroatoms. The van der Waals surface area contributed by atoms with Crippen molar-refractivity contribution in [1.82, 2.24) is 0 Å². The number of halogens is 1. The van der Waals surface area contributed by atoms with E-state index in [1.165, 1.54) is 6.07 Å². The summed E-state index contributed by atoms with van der Waals surface area (Å²) in [6.07, 6.45) is 0.0440. The van der Waals surface area contributed by atoms with E-state index in [-0.39, 0.29) is 24.6 Å². The fourth-order valence-corrected chi connectivity index (χ4v) is 1.34. The molecule has 0 heterocycles. The van der Waals surface area contributed by atoms with Crippen molar-refractivity contribution in [2.75, 3.05) is 11.9 Å². The van der Waals surface area contributed by atoms with Crippen LogP contribution in [0, 0.1) is 12.7 Å². The van der Waals surface area contributed by atoms with Crippen molar-refractivity contribution in [3.63, 3.8) is 0 Å². The number of hydrogen-bond donors (Lipinski definition) is 1. The Morgan fingerprint density at radius 3 is 2.67 bits per heavy atom. The number of aryl methyl sites for hydroxylation is 1. The fraction of sp³-hybridized carbons (Fsp3) is 0.385. The van der Waals surface area contributed by atoms with Gasteiger partial charge in [-0.25, -0.2) is 4.39 Å². The van der Waals surface area contributed by atoms with Gasteiger partial charge in [-0.05, 0) is 31.5 Å². The van der Waals surface area contributed by atoms with Crippen LogP contribution in [0.1, 0.15) is 25.3 Å². The van der Waals surface area contributed by atoms with Gasteiger partial charge in [0.25, 0.3) is 0 Å². The Labute approximate surface area is 105 Å². The van der Waals surface area contributed by atoms with Crippen LogP contribution in [0.2, 0.25) is 0 Å². The summed E-state index contributed by atoms with van der Waals surface area (Å²) < 4.78 is 17.9. The molecule has 0 aliphatic rings. The highest BCUT2D eigenvalue weighted by Gasteiger charge is 2.08. The summed E-state index contributed by atoms with van der Waals surface area (Å²) in [6.45, 7) is 3.64. The van der Waals surface area contributed by atoms with E-state index < -0.39 is 5.97 Å². The molecular weight excluding hydrogens is 237 g/mol. The predicted octanol–water partition coefficient (Wildman–Crippen LogP) is 2.42. The van der Waals surface area contributed by atoms with Gasteiger partial charge in [0.05, 0.1) is 13.0 Å². The molecule has 0 atom stereocenters. The third-order valence-corrected chi connectivity index (χ3v) is 2.32. The van der Waals surface area contributed by atoms with Crippen LogP contribution in [0.3, 0.4) is 0 Å². The van der Waals surface area contributed by atoms with Gasteiger partial charge in [-0.15, -0.1) is 0 Å². The molecule has 1 aromatic rings. The Bertz CT molecular complexity index is 446. The molecule has 98 valence electrons. The Balaban J connectivity index is 2.44. The molecule has 1 aromatic carbocycles. The lowest BCUT2D eigenvalue weighted by atomic mass is 10.2. The second-order valence-electron chi connectivity index (χ2n) is 3.82. The summed E-state index contributed by atoms with van der Waals surface area (Å²) in [6, 6.07) is 4.44. The van der Waals surface area contributed by atoms with Gasteiger partial charge in [-0.3, -0.25) is 9.59 Å². The van der Waals surface area contributed by atoms with Crippen LogP contribution in [0.4, 0.5) is 10.1 Å². The minimum absolute atomic E-state index is 0.0218. The molecule has 1 rings (SSSR count). The number of benzene rings is 1. The number of esters is 1. The molecule has 0 aliphatic carbocycles. The molecule has 0 aliphatic heterocycles. The molecule has 0 fully saturated rings.